The average Bonchev–Trinajstić information content (AvgIpc) is 3.03. The molecule has 10 heteroatoms. The standard InChI is InChI=1S/C36H56O10/c1-26(2)24-25-28-27(3)33(45-31(39)22-18-14-10-8-12-16-20-29(37)41-4)35(43-6)36(44-7)34(28)46-32(40)23-19-15-11-9-13-17-21-30(38)42-5/h24H,8-23,25H2,1-7H3. The van der Waals surface area contributed by atoms with Crippen LogP contribution in [-0.2, 0) is 35.1 Å². The average molecular weight is 649 g/mol. The number of unbranched alkanes of at least 4 members (excludes halogenated alkanes) is 10. The summed E-state index contributed by atoms with van der Waals surface area (Å²) in [7, 11) is 5.72. The number of hydrogen-bond donors (Lipinski definition) is 0. The van der Waals surface area contributed by atoms with Gasteiger partial charge in [-0.05, 0) is 52.9 Å². The maximum atomic E-state index is 13.0. The van der Waals surface area contributed by atoms with Gasteiger partial charge in [0.25, 0.3) is 0 Å². The van der Waals surface area contributed by atoms with E-state index in [-0.39, 0.29) is 59.7 Å². The Balaban J connectivity index is 2.88. The lowest BCUT2D eigenvalue weighted by molar-refractivity contribution is -0.141. The molecule has 0 aliphatic carbocycles. The minimum atomic E-state index is -0.377. The summed E-state index contributed by atoms with van der Waals surface area (Å²) in [5, 5.41) is 0. The van der Waals surface area contributed by atoms with Crippen LogP contribution in [0.25, 0.3) is 0 Å². The van der Waals surface area contributed by atoms with Gasteiger partial charge in [-0.15, -0.1) is 0 Å². The van der Waals surface area contributed by atoms with E-state index in [1.165, 1.54) is 28.4 Å². The molecule has 0 unspecified atom stereocenters. The third-order valence-corrected chi connectivity index (χ3v) is 7.72. The lowest BCUT2D eigenvalue weighted by atomic mass is 10.00. The first-order valence-electron chi connectivity index (χ1n) is 16.5. The van der Waals surface area contributed by atoms with Crippen LogP contribution in [0.5, 0.6) is 23.0 Å². The molecule has 1 aromatic rings. The monoisotopic (exact) mass is 648 g/mol. The first-order chi connectivity index (χ1) is 22.1. The van der Waals surface area contributed by atoms with Gasteiger partial charge in [0.15, 0.2) is 11.5 Å². The van der Waals surface area contributed by atoms with E-state index in [9.17, 15) is 19.2 Å². The van der Waals surface area contributed by atoms with Gasteiger partial charge in [-0.1, -0.05) is 63.0 Å². The maximum Gasteiger partial charge on any atom is 0.311 e. The van der Waals surface area contributed by atoms with Crippen molar-refractivity contribution in [2.24, 2.45) is 0 Å². The molecule has 0 heterocycles. The lowest BCUT2D eigenvalue weighted by Gasteiger charge is -2.22. The first-order valence-corrected chi connectivity index (χ1v) is 16.5. The quantitative estimate of drug-likeness (QED) is 0.0472. The molecular weight excluding hydrogens is 592 g/mol. The number of rotatable bonds is 24. The molecule has 0 amide bonds. The molecule has 46 heavy (non-hydrogen) atoms. The summed E-state index contributed by atoms with van der Waals surface area (Å²) in [6.45, 7) is 5.79. The zero-order valence-electron chi connectivity index (χ0n) is 29.2. The Kier molecular flexibility index (Phi) is 20.9. The van der Waals surface area contributed by atoms with E-state index in [2.05, 4.69) is 9.47 Å². The third kappa shape index (κ3) is 15.6. The van der Waals surface area contributed by atoms with Crippen LogP contribution in [0.3, 0.4) is 0 Å². The van der Waals surface area contributed by atoms with Gasteiger partial charge < -0.3 is 28.4 Å². The van der Waals surface area contributed by atoms with Gasteiger partial charge in [-0.25, -0.2) is 0 Å². The molecule has 0 N–H and O–H groups in total. The fourth-order valence-electron chi connectivity index (χ4n) is 5.00. The van der Waals surface area contributed by atoms with Gasteiger partial charge in [-0.3, -0.25) is 19.2 Å². The Bertz CT molecular complexity index is 1130. The number of ether oxygens (including phenoxy) is 6. The Morgan fingerprint density at radius 2 is 0.848 bits per heavy atom. The van der Waals surface area contributed by atoms with Crippen molar-refractivity contribution in [1.82, 2.24) is 0 Å². The highest BCUT2D eigenvalue weighted by atomic mass is 16.6. The van der Waals surface area contributed by atoms with E-state index in [1.807, 2.05) is 26.8 Å². The molecule has 0 fully saturated rings. The molecule has 0 radical (unpaired) electrons. The van der Waals surface area contributed by atoms with E-state index >= 15 is 0 Å². The molecule has 0 spiro atoms. The van der Waals surface area contributed by atoms with E-state index < -0.39 is 0 Å². The molecule has 1 aromatic carbocycles. The number of carbonyl (C=O) groups is 4. The number of benzene rings is 1. The summed E-state index contributed by atoms with van der Waals surface area (Å²) < 4.78 is 32.4. The zero-order valence-corrected chi connectivity index (χ0v) is 29.2. The summed E-state index contributed by atoms with van der Waals surface area (Å²) in [4.78, 5) is 48.3. The number of methoxy groups -OCH3 is 4. The van der Waals surface area contributed by atoms with Crippen LogP contribution in [0.2, 0.25) is 0 Å². The Labute approximate surface area is 275 Å². The van der Waals surface area contributed by atoms with Crippen molar-refractivity contribution in [1.29, 1.82) is 0 Å². The van der Waals surface area contributed by atoms with Gasteiger partial charge >= 0.3 is 23.9 Å². The van der Waals surface area contributed by atoms with Crippen molar-refractivity contribution in [3.8, 4) is 23.0 Å². The van der Waals surface area contributed by atoms with E-state index in [1.54, 1.807) is 0 Å². The zero-order chi connectivity index (χ0) is 34.3. The highest BCUT2D eigenvalue weighted by molar-refractivity contribution is 5.79. The van der Waals surface area contributed by atoms with Gasteiger partial charge in [0.2, 0.25) is 11.5 Å². The second-order valence-electron chi connectivity index (χ2n) is 11.7. The third-order valence-electron chi connectivity index (χ3n) is 7.72. The van der Waals surface area contributed by atoms with Crippen LogP contribution in [0.4, 0.5) is 0 Å². The van der Waals surface area contributed by atoms with Gasteiger partial charge in [-0.2, -0.15) is 0 Å². The van der Waals surface area contributed by atoms with Crippen molar-refractivity contribution < 1.29 is 47.6 Å². The molecule has 10 nitrogen and oxygen atoms in total. The Morgan fingerprint density at radius 3 is 1.22 bits per heavy atom. The van der Waals surface area contributed by atoms with Crippen molar-refractivity contribution in [3.05, 3.63) is 22.8 Å². The maximum absolute atomic E-state index is 13.0. The highest BCUT2D eigenvalue weighted by Gasteiger charge is 2.28. The predicted molar refractivity (Wildman–Crippen MR) is 177 cm³/mol. The van der Waals surface area contributed by atoms with Crippen LogP contribution >= 0.6 is 0 Å². The van der Waals surface area contributed by atoms with Crippen molar-refractivity contribution in [2.75, 3.05) is 28.4 Å². The van der Waals surface area contributed by atoms with Crippen LogP contribution in [0.1, 0.15) is 128 Å². The summed E-state index contributed by atoms with van der Waals surface area (Å²) in [5.74, 6) is -0.184. The molecule has 0 aromatic heterocycles. The molecule has 0 saturated heterocycles. The van der Waals surface area contributed by atoms with Crippen LogP contribution in [0, 0.1) is 6.92 Å². The Morgan fingerprint density at radius 1 is 0.500 bits per heavy atom. The van der Waals surface area contributed by atoms with Gasteiger partial charge in [0.1, 0.15) is 0 Å². The Hall–Kier alpha value is -3.56. The van der Waals surface area contributed by atoms with Crippen LogP contribution in [-0.4, -0.2) is 52.3 Å². The normalized spacial score (nSPS) is 10.6. The van der Waals surface area contributed by atoms with Crippen LogP contribution < -0.4 is 18.9 Å². The molecule has 0 saturated carbocycles. The summed E-state index contributed by atoms with van der Waals surface area (Å²) in [6.07, 6.45) is 14.3. The minimum absolute atomic E-state index is 0.187. The van der Waals surface area contributed by atoms with E-state index in [0.717, 1.165) is 69.8 Å². The SMILES string of the molecule is COC(=O)CCCCCCCCC(=O)Oc1c(C)c(CC=C(C)C)c(OC(=O)CCCCCCCCC(=O)OC)c(OC)c1OC. The molecular formula is C36H56O10. The smallest absolute Gasteiger partial charge is 0.311 e. The summed E-state index contributed by atoms with van der Waals surface area (Å²) in [5.41, 5.74) is 2.42. The molecule has 0 bridgehead atoms. The minimum Gasteiger partial charge on any atom is -0.490 e. The second-order valence-corrected chi connectivity index (χ2v) is 11.7. The summed E-state index contributed by atoms with van der Waals surface area (Å²) >= 11 is 0. The largest absolute Gasteiger partial charge is 0.490 e. The number of hydrogen-bond acceptors (Lipinski definition) is 10. The van der Waals surface area contributed by atoms with Gasteiger partial charge in [0, 0.05) is 36.8 Å². The lowest BCUT2D eigenvalue weighted by Crippen LogP contribution is -2.14. The molecule has 0 atom stereocenters. The summed E-state index contributed by atoms with van der Waals surface area (Å²) in [6, 6.07) is 0. The highest BCUT2D eigenvalue weighted by Crippen LogP contribution is 2.50. The topological polar surface area (TPSA) is 124 Å². The van der Waals surface area contributed by atoms with Gasteiger partial charge in [0.05, 0.1) is 28.4 Å². The second kappa shape index (κ2) is 23.7. The molecule has 0 aliphatic rings. The number of carbonyl (C=O) groups excluding carboxylic acids is 4. The fraction of sp³-hybridized carbons (Fsp3) is 0.667. The number of esters is 4. The van der Waals surface area contributed by atoms with E-state index in [0.29, 0.717) is 43.2 Å². The van der Waals surface area contributed by atoms with Crippen LogP contribution in [0.15, 0.2) is 11.6 Å². The number of allylic oxidation sites excluding steroid dienone is 2. The fourth-order valence-corrected chi connectivity index (χ4v) is 5.00. The molecule has 0 aliphatic heterocycles. The van der Waals surface area contributed by atoms with E-state index in [4.69, 9.17) is 18.9 Å². The van der Waals surface area contributed by atoms with Crippen molar-refractivity contribution in [3.63, 3.8) is 0 Å². The predicted octanol–water partition coefficient (Wildman–Crippen LogP) is 7.92. The van der Waals surface area contributed by atoms with Crippen molar-refractivity contribution in [2.45, 2.75) is 130 Å². The first kappa shape index (κ1) is 40.5. The molecule has 1 rings (SSSR count). The molecule has 260 valence electrons. The van der Waals surface area contributed by atoms with Crippen molar-refractivity contribution >= 4 is 23.9 Å².